The molecular weight excluding hydrogens is 260 g/mol. The Bertz CT molecular complexity index is 801. The van der Waals surface area contributed by atoms with Crippen LogP contribution in [0.25, 0.3) is 22.3 Å². The van der Waals surface area contributed by atoms with Crippen molar-refractivity contribution in [3.05, 3.63) is 53.2 Å². The first-order valence-electron chi connectivity index (χ1n) is 5.99. The number of hydrogen-bond acceptors (Lipinski definition) is 3. The lowest BCUT2D eigenvalue weighted by atomic mass is 10.0. The van der Waals surface area contributed by atoms with Crippen LogP contribution in [-0.2, 0) is 6.61 Å². The molecule has 0 aliphatic carbocycles. The van der Waals surface area contributed by atoms with Crippen molar-refractivity contribution in [2.24, 2.45) is 0 Å². The van der Waals surface area contributed by atoms with Gasteiger partial charge in [-0.25, -0.2) is 4.98 Å². The summed E-state index contributed by atoms with van der Waals surface area (Å²) in [5.74, 6) is 0.827. The van der Waals surface area contributed by atoms with Gasteiger partial charge in [-0.1, -0.05) is 11.6 Å². The SMILES string of the molecule is Clc1ccc2c(c1)-c1nc3cccnc3cc1CO2. The number of hydrogen-bond donors (Lipinski definition) is 0. The molecule has 0 saturated carbocycles. The highest BCUT2D eigenvalue weighted by Crippen LogP contribution is 2.38. The van der Waals surface area contributed by atoms with Crippen LogP contribution in [0.4, 0.5) is 0 Å². The summed E-state index contributed by atoms with van der Waals surface area (Å²) in [6.45, 7) is 0.517. The van der Waals surface area contributed by atoms with Crippen molar-refractivity contribution in [2.45, 2.75) is 6.61 Å². The molecule has 0 unspecified atom stereocenters. The fourth-order valence-electron chi connectivity index (χ4n) is 2.35. The molecular formula is C15H9ClN2O. The Balaban J connectivity index is 2.05. The van der Waals surface area contributed by atoms with E-state index in [4.69, 9.17) is 21.3 Å². The maximum Gasteiger partial charge on any atom is 0.129 e. The van der Waals surface area contributed by atoms with Crippen molar-refractivity contribution in [1.29, 1.82) is 0 Å². The van der Waals surface area contributed by atoms with Gasteiger partial charge in [-0.15, -0.1) is 0 Å². The first kappa shape index (κ1) is 10.8. The number of ether oxygens (including phenoxy) is 1. The molecule has 1 aliphatic rings. The molecule has 0 fully saturated rings. The molecule has 0 saturated heterocycles. The molecule has 0 bridgehead atoms. The predicted molar refractivity (Wildman–Crippen MR) is 74.3 cm³/mol. The van der Waals surface area contributed by atoms with E-state index in [1.807, 2.05) is 36.4 Å². The monoisotopic (exact) mass is 268 g/mol. The molecule has 3 nitrogen and oxygen atoms in total. The van der Waals surface area contributed by atoms with Gasteiger partial charge in [0.2, 0.25) is 0 Å². The Morgan fingerprint density at radius 2 is 2.05 bits per heavy atom. The Hall–Kier alpha value is -2.13. The van der Waals surface area contributed by atoms with E-state index in [0.717, 1.165) is 33.6 Å². The molecule has 0 N–H and O–H groups in total. The minimum atomic E-state index is 0.517. The van der Waals surface area contributed by atoms with Crippen molar-refractivity contribution in [3.63, 3.8) is 0 Å². The molecule has 0 spiro atoms. The molecule has 1 aliphatic heterocycles. The molecule has 19 heavy (non-hydrogen) atoms. The molecule has 3 aromatic rings. The first-order chi connectivity index (χ1) is 9.31. The van der Waals surface area contributed by atoms with E-state index in [0.29, 0.717) is 11.6 Å². The topological polar surface area (TPSA) is 35.0 Å². The van der Waals surface area contributed by atoms with Gasteiger partial charge >= 0.3 is 0 Å². The second-order valence-corrected chi connectivity index (χ2v) is 4.90. The lowest BCUT2D eigenvalue weighted by molar-refractivity contribution is 0.302. The third-order valence-corrected chi connectivity index (χ3v) is 3.48. The largest absolute Gasteiger partial charge is 0.488 e. The van der Waals surface area contributed by atoms with E-state index in [1.165, 1.54) is 0 Å². The van der Waals surface area contributed by atoms with Crippen molar-refractivity contribution < 1.29 is 4.74 Å². The van der Waals surface area contributed by atoms with Gasteiger partial charge in [-0.05, 0) is 36.4 Å². The van der Waals surface area contributed by atoms with Gasteiger partial charge in [0.15, 0.2) is 0 Å². The van der Waals surface area contributed by atoms with Crippen LogP contribution in [0.3, 0.4) is 0 Å². The highest BCUT2D eigenvalue weighted by Gasteiger charge is 2.19. The molecule has 0 amide bonds. The lowest BCUT2D eigenvalue weighted by Gasteiger charge is -2.20. The zero-order valence-corrected chi connectivity index (χ0v) is 10.7. The molecule has 92 valence electrons. The third kappa shape index (κ3) is 1.66. The van der Waals surface area contributed by atoms with Gasteiger partial charge in [0.1, 0.15) is 12.4 Å². The van der Waals surface area contributed by atoms with Crippen molar-refractivity contribution in [2.75, 3.05) is 0 Å². The van der Waals surface area contributed by atoms with Crippen LogP contribution in [0.5, 0.6) is 5.75 Å². The molecule has 0 atom stereocenters. The second-order valence-electron chi connectivity index (χ2n) is 4.47. The van der Waals surface area contributed by atoms with Crippen LogP contribution in [-0.4, -0.2) is 9.97 Å². The predicted octanol–water partition coefficient (Wildman–Crippen LogP) is 3.84. The summed E-state index contributed by atoms with van der Waals surface area (Å²) in [5.41, 5.74) is 4.69. The maximum atomic E-state index is 6.07. The normalized spacial score (nSPS) is 12.7. The van der Waals surface area contributed by atoms with Crippen molar-refractivity contribution >= 4 is 22.6 Å². The summed E-state index contributed by atoms with van der Waals surface area (Å²) >= 11 is 6.07. The van der Waals surface area contributed by atoms with Crippen LogP contribution in [0.2, 0.25) is 5.02 Å². The average molecular weight is 269 g/mol. The Labute approximate surface area is 114 Å². The highest BCUT2D eigenvalue weighted by molar-refractivity contribution is 6.31. The summed E-state index contributed by atoms with van der Waals surface area (Å²) in [6, 6.07) is 11.5. The van der Waals surface area contributed by atoms with E-state index in [1.54, 1.807) is 6.20 Å². The Kier molecular flexibility index (Phi) is 2.23. The number of benzene rings is 1. The zero-order chi connectivity index (χ0) is 12.8. The number of pyridine rings is 2. The van der Waals surface area contributed by atoms with Crippen LogP contribution in [0.15, 0.2) is 42.6 Å². The van der Waals surface area contributed by atoms with Crippen LogP contribution < -0.4 is 4.74 Å². The number of rotatable bonds is 0. The summed E-state index contributed by atoms with van der Waals surface area (Å²) in [5, 5.41) is 0.684. The first-order valence-corrected chi connectivity index (χ1v) is 6.36. The van der Waals surface area contributed by atoms with E-state index < -0.39 is 0 Å². The summed E-state index contributed by atoms with van der Waals surface area (Å²) < 4.78 is 5.73. The standard InChI is InChI=1S/C15H9ClN2O/c16-10-3-4-14-11(7-10)15-9(8-19-14)6-13-12(18-15)2-1-5-17-13/h1-7H,8H2. The van der Waals surface area contributed by atoms with Crippen LogP contribution in [0.1, 0.15) is 5.56 Å². The van der Waals surface area contributed by atoms with Crippen molar-refractivity contribution in [1.82, 2.24) is 9.97 Å². The van der Waals surface area contributed by atoms with Gasteiger partial charge in [-0.3, -0.25) is 4.98 Å². The maximum absolute atomic E-state index is 6.07. The van der Waals surface area contributed by atoms with Gasteiger partial charge in [0.25, 0.3) is 0 Å². The fourth-order valence-corrected chi connectivity index (χ4v) is 2.52. The Morgan fingerprint density at radius 1 is 1.11 bits per heavy atom. The van der Waals surface area contributed by atoms with Crippen LogP contribution in [0, 0.1) is 0 Å². The minimum absolute atomic E-state index is 0.517. The Morgan fingerprint density at radius 3 is 3.00 bits per heavy atom. The summed E-state index contributed by atoms with van der Waals surface area (Å²) in [6.07, 6.45) is 1.77. The van der Waals surface area contributed by atoms with E-state index in [-0.39, 0.29) is 0 Å². The molecule has 4 rings (SSSR count). The van der Waals surface area contributed by atoms with E-state index >= 15 is 0 Å². The van der Waals surface area contributed by atoms with Gasteiger partial charge < -0.3 is 4.74 Å². The highest BCUT2D eigenvalue weighted by atomic mass is 35.5. The average Bonchev–Trinajstić information content (AvgIpc) is 2.45. The smallest absolute Gasteiger partial charge is 0.129 e. The number of nitrogens with zero attached hydrogens (tertiary/aromatic N) is 2. The second kappa shape index (κ2) is 3.93. The lowest BCUT2D eigenvalue weighted by Crippen LogP contribution is -2.07. The number of fused-ring (bicyclic) bond motifs is 4. The minimum Gasteiger partial charge on any atom is -0.488 e. The quantitative estimate of drug-likeness (QED) is 0.621. The summed E-state index contributed by atoms with van der Waals surface area (Å²) in [4.78, 5) is 9.02. The molecule has 4 heteroatoms. The van der Waals surface area contributed by atoms with Gasteiger partial charge in [0, 0.05) is 22.3 Å². The zero-order valence-electron chi connectivity index (χ0n) is 9.93. The molecule has 1 aromatic carbocycles. The summed E-state index contributed by atoms with van der Waals surface area (Å²) in [7, 11) is 0. The van der Waals surface area contributed by atoms with E-state index in [2.05, 4.69) is 4.98 Å². The van der Waals surface area contributed by atoms with Crippen LogP contribution >= 0.6 is 11.6 Å². The number of halogens is 1. The number of aromatic nitrogens is 2. The van der Waals surface area contributed by atoms with Crippen molar-refractivity contribution in [3.8, 4) is 17.0 Å². The third-order valence-electron chi connectivity index (χ3n) is 3.24. The van der Waals surface area contributed by atoms with Gasteiger partial charge in [-0.2, -0.15) is 0 Å². The molecule has 3 heterocycles. The van der Waals surface area contributed by atoms with Gasteiger partial charge in [0.05, 0.1) is 16.7 Å². The van der Waals surface area contributed by atoms with E-state index in [9.17, 15) is 0 Å². The molecule has 0 radical (unpaired) electrons. The fraction of sp³-hybridized carbons (Fsp3) is 0.0667. The molecule has 2 aromatic heterocycles.